The van der Waals surface area contributed by atoms with Gasteiger partial charge in [-0.05, 0) is 50.5 Å². The Balaban J connectivity index is 1.51. The Morgan fingerprint density at radius 3 is 2.56 bits per heavy atom. The lowest BCUT2D eigenvalue weighted by Crippen LogP contribution is -2.54. The van der Waals surface area contributed by atoms with Crippen molar-refractivity contribution in [2.75, 3.05) is 6.54 Å². The Morgan fingerprint density at radius 2 is 1.85 bits per heavy atom. The molecule has 0 aromatic carbocycles. The summed E-state index contributed by atoms with van der Waals surface area (Å²) in [4.78, 5) is 27.3. The predicted octanol–water partition coefficient (Wildman–Crippen LogP) is 3.01. The molecule has 5 nitrogen and oxygen atoms in total. The van der Waals surface area contributed by atoms with E-state index in [0.717, 1.165) is 25.8 Å². The number of carbonyl (C=O) groups excluding carboxylic acids is 2. The van der Waals surface area contributed by atoms with Crippen LogP contribution in [0.5, 0.6) is 0 Å². The SMILES string of the molecule is CC[C@@H]1[C@H]2CCCCN3[C@@H]2[C@@H](C[C@H]3[C@@H]2C[C@H](C)C(=O)O2)[C@@H]2[C@H]1OC(=O)[C@H]2C. The zero-order chi connectivity index (χ0) is 18.9. The highest BCUT2D eigenvalue weighted by atomic mass is 16.6. The molecule has 0 amide bonds. The van der Waals surface area contributed by atoms with Crippen LogP contribution in [0, 0.1) is 35.5 Å². The van der Waals surface area contributed by atoms with Crippen molar-refractivity contribution in [3.63, 3.8) is 0 Å². The first-order chi connectivity index (χ1) is 13.0. The number of nitrogens with zero attached hydrogens (tertiary/aromatic N) is 1. The highest BCUT2D eigenvalue weighted by Gasteiger charge is 2.63. The van der Waals surface area contributed by atoms with Crippen LogP contribution < -0.4 is 0 Å². The van der Waals surface area contributed by atoms with Gasteiger partial charge < -0.3 is 9.47 Å². The summed E-state index contributed by atoms with van der Waals surface area (Å²) in [7, 11) is 0. The Hall–Kier alpha value is -1.10. The number of carbonyl (C=O) groups is 2. The van der Waals surface area contributed by atoms with Crippen molar-refractivity contribution in [2.24, 2.45) is 35.5 Å². The van der Waals surface area contributed by atoms with E-state index in [0.29, 0.717) is 35.8 Å². The fourth-order valence-corrected chi connectivity index (χ4v) is 7.48. The molecule has 150 valence electrons. The van der Waals surface area contributed by atoms with E-state index in [-0.39, 0.29) is 36.0 Å². The minimum absolute atomic E-state index is 0.00362. The third kappa shape index (κ3) is 2.53. The lowest BCUT2D eigenvalue weighted by molar-refractivity contribution is -0.148. The summed E-state index contributed by atoms with van der Waals surface area (Å²) in [6.45, 7) is 7.44. The molecule has 5 aliphatic rings. The highest BCUT2D eigenvalue weighted by Crippen LogP contribution is 2.57. The molecule has 0 aromatic heterocycles. The van der Waals surface area contributed by atoms with E-state index >= 15 is 0 Å². The summed E-state index contributed by atoms with van der Waals surface area (Å²) in [6.07, 6.45) is 6.87. The lowest BCUT2D eigenvalue weighted by atomic mass is 9.60. The summed E-state index contributed by atoms with van der Waals surface area (Å²) in [5.74, 6) is 1.94. The molecule has 0 spiro atoms. The summed E-state index contributed by atoms with van der Waals surface area (Å²) in [5, 5.41) is 0. The van der Waals surface area contributed by atoms with Gasteiger partial charge in [0.25, 0.3) is 0 Å². The van der Waals surface area contributed by atoms with Gasteiger partial charge in [0.15, 0.2) is 0 Å². The number of hydrogen-bond acceptors (Lipinski definition) is 5. The van der Waals surface area contributed by atoms with Gasteiger partial charge in [0, 0.05) is 23.9 Å². The average Bonchev–Trinajstić information content (AvgIpc) is 3.20. The molecule has 0 unspecified atom stereocenters. The summed E-state index contributed by atoms with van der Waals surface area (Å²) in [5.41, 5.74) is 0. The number of ether oxygens (including phenoxy) is 2. The second kappa shape index (κ2) is 6.47. The third-order valence-electron chi connectivity index (χ3n) is 8.61. The Kier molecular flexibility index (Phi) is 4.30. The fourth-order valence-electron chi connectivity index (χ4n) is 7.48. The maximum atomic E-state index is 12.5. The molecular formula is C22H33NO4. The lowest BCUT2D eigenvalue weighted by Gasteiger charge is -2.48. The van der Waals surface area contributed by atoms with Gasteiger partial charge in [-0.3, -0.25) is 14.5 Å². The van der Waals surface area contributed by atoms with Gasteiger partial charge in [-0.15, -0.1) is 0 Å². The molecule has 27 heavy (non-hydrogen) atoms. The van der Waals surface area contributed by atoms with Crippen molar-refractivity contribution < 1.29 is 19.1 Å². The van der Waals surface area contributed by atoms with Crippen molar-refractivity contribution in [1.29, 1.82) is 0 Å². The van der Waals surface area contributed by atoms with Gasteiger partial charge in [-0.25, -0.2) is 0 Å². The molecule has 1 aliphatic carbocycles. The monoisotopic (exact) mass is 375 g/mol. The van der Waals surface area contributed by atoms with Crippen LogP contribution in [0.15, 0.2) is 0 Å². The number of fused-ring (bicyclic) bond motifs is 2. The standard InChI is InChI=1S/C22H33NO4/c1-4-13-14-7-5-6-8-23-16(17-9-11(2)21(24)26-17)10-15(19(14)23)18-12(3)22(25)27-20(13)18/h11-20H,4-10H2,1-3H3/t11-,12-,13+,14+,15-,16-,17-,18+,19-,20-/m0/s1. The topological polar surface area (TPSA) is 55.8 Å². The van der Waals surface area contributed by atoms with Gasteiger partial charge in [0.2, 0.25) is 0 Å². The number of esters is 2. The Labute approximate surface area is 162 Å². The third-order valence-corrected chi connectivity index (χ3v) is 8.61. The summed E-state index contributed by atoms with van der Waals surface area (Å²) < 4.78 is 11.8. The molecule has 5 heteroatoms. The molecule has 4 heterocycles. The van der Waals surface area contributed by atoms with Crippen LogP contribution in [0.1, 0.15) is 59.3 Å². The van der Waals surface area contributed by atoms with Gasteiger partial charge in [-0.2, -0.15) is 0 Å². The highest BCUT2D eigenvalue weighted by molar-refractivity contribution is 5.75. The number of rotatable bonds is 2. The van der Waals surface area contributed by atoms with Crippen LogP contribution >= 0.6 is 0 Å². The van der Waals surface area contributed by atoms with Gasteiger partial charge in [0.05, 0.1) is 11.8 Å². The Morgan fingerprint density at radius 1 is 1.04 bits per heavy atom. The molecule has 4 aliphatic heterocycles. The largest absolute Gasteiger partial charge is 0.462 e. The smallest absolute Gasteiger partial charge is 0.309 e. The molecule has 0 aromatic rings. The summed E-state index contributed by atoms with van der Waals surface area (Å²) >= 11 is 0. The van der Waals surface area contributed by atoms with E-state index < -0.39 is 0 Å². The molecule has 4 saturated heterocycles. The molecule has 0 bridgehead atoms. The first kappa shape index (κ1) is 18.0. The summed E-state index contributed by atoms with van der Waals surface area (Å²) in [6, 6.07) is 0.865. The molecular weight excluding hydrogens is 342 g/mol. The molecule has 10 atom stereocenters. The second-order valence-electron chi connectivity index (χ2n) is 9.81. The van der Waals surface area contributed by atoms with Crippen molar-refractivity contribution in [3.05, 3.63) is 0 Å². The molecule has 1 saturated carbocycles. The molecule has 5 fully saturated rings. The van der Waals surface area contributed by atoms with Crippen LogP contribution in [-0.4, -0.2) is 47.7 Å². The van der Waals surface area contributed by atoms with E-state index in [4.69, 9.17) is 9.47 Å². The first-order valence-electron chi connectivity index (χ1n) is 11.2. The zero-order valence-electron chi connectivity index (χ0n) is 16.8. The zero-order valence-corrected chi connectivity index (χ0v) is 16.8. The van der Waals surface area contributed by atoms with Crippen LogP contribution in [0.4, 0.5) is 0 Å². The van der Waals surface area contributed by atoms with Crippen molar-refractivity contribution >= 4 is 11.9 Å². The van der Waals surface area contributed by atoms with Crippen molar-refractivity contribution in [3.8, 4) is 0 Å². The van der Waals surface area contributed by atoms with Crippen LogP contribution in [0.25, 0.3) is 0 Å². The van der Waals surface area contributed by atoms with Crippen LogP contribution in [0.3, 0.4) is 0 Å². The van der Waals surface area contributed by atoms with E-state index in [2.05, 4.69) is 18.7 Å². The van der Waals surface area contributed by atoms with Gasteiger partial charge in [-0.1, -0.05) is 27.2 Å². The maximum absolute atomic E-state index is 12.5. The quantitative estimate of drug-likeness (QED) is 0.695. The predicted molar refractivity (Wildman–Crippen MR) is 99.7 cm³/mol. The number of hydrogen-bond donors (Lipinski definition) is 0. The maximum Gasteiger partial charge on any atom is 0.309 e. The van der Waals surface area contributed by atoms with E-state index in [9.17, 15) is 9.59 Å². The van der Waals surface area contributed by atoms with Gasteiger partial charge in [0.1, 0.15) is 12.2 Å². The normalized spacial score (nSPS) is 52.1. The minimum atomic E-state index is -0.0294. The van der Waals surface area contributed by atoms with E-state index in [1.807, 2.05) is 6.92 Å². The van der Waals surface area contributed by atoms with Crippen LogP contribution in [0.2, 0.25) is 0 Å². The average molecular weight is 376 g/mol. The minimum Gasteiger partial charge on any atom is -0.462 e. The molecule has 0 N–H and O–H groups in total. The van der Waals surface area contributed by atoms with E-state index in [1.54, 1.807) is 0 Å². The molecule has 0 radical (unpaired) electrons. The second-order valence-corrected chi connectivity index (χ2v) is 9.81. The molecule has 5 rings (SSSR count). The van der Waals surface area contributed by atoms with E-state index in [1.165, 1.54) is 19.3 Å². The van der Waals surface area contributed by atoms with Crippen LogP contribution in [-0.2, 0) is 19.1 Å². The first-order valence-corrected chi connectivity index (χ1v) is 11.2. The van der Waals surface area contributed by atoms with Crippen molar-refractivity contribution in [2.45, 2.75) is 83.6 Å². The van der Waals surface area contributed by atoms with Gasteiger partial charge >= 0.3 is 11.9 Å². The van der Waals surface area contributed by atoms with Crippen molar-refractivity contribution in [1.82, 2.24) is 4.90 Å². The number of cyclic esters (lactones) is 1. The Bertz CT molecular complexity index is 636. The fraction of sp³-hybridized carbons (Fsp3) is 0.909.